The molecule has 0 unspecified atom stereocenters. The van der Waals surface area contributed by atoms with Gasteiger partial charge in [-0.15, -0.1) is 10.2 Å². The van der Waals surface area contributed by atoms with Crippen molar-refractivity contribution in [2.45, 2.75) is 5.16 Å². The van der Waals surface area contributed by atoms with E-state index >= 15 is 0 Å². The molecule has 0 spiro atoms. The number of nitrogens with one attached hydrogen (secondary N) is 1. The van der Waals surface area contributed by atoms with Crippen LogP contribution < -0.4 is 14.8 Å². The van der Waals surface area contributed by atoms with E-state index in [0.717, 1.165) is 10.8 Å². The highest BCUT2D eigenvalue weighted by molar-refractivity contribution is 7.99. The molecule has 162 valence electrons. The molecule has 2 N–H and O–H groups in total. The molecule has 1 aromatic heterocycles. The Labute approximate surface area is 188 Å². The summed E-state index contributed by atoms with van der Waals surface area (Å²) in [6, 6.07) is 16.7. The Hall–Kier alpha value is -3.72. The molecule has 1 aliphatic heterocycles. The Morgan fingerprint density at radius 3 is 2.62 bits per heavy atom. The van der Waals surface area contributed by atoms with E-state index in [1.54, 1.807) is 28.8 Å². The lowest BCUT2D eigenvalue weighted by Gasteiger charge is -2.18. The van der Waals surface area contributed by atoms with Crippen LogP contribution in [0.5, 0.6) is 17.2 Å². The van der Waals surface area contributed by atoms with Crippen LogP contribution in [0.1, 0.15) is 0 Å². The molecular weight excluding hydrogens is 428 g/mol. The lowest BCUT2D eigenvalue weighted by Crippen LogP contribution is -2.17. The van der Waals surface area contributed by atoms with E-state index in [1.807, 2.05) is 37.4 Å². The Balaban J connectivity index is 1.28. The van der Waals surface area contributed by atoms with E-state index in [4.69, 9.17) is 9.47 Å². The van der Waals surface area contributed by atoms with Crippen LogP contribution in [0.3, 0.4) is 0 Å². The van der Waals surface area contributed by atoms with Gasteiger partial charge in [-0.2, -0.15) is 0 Å². The first-order valence-electron chi connectivity index (χ1n) is 10.0. The summed E-state index contributed by atoms with van der Waals surface area (Å²) in [6.07, 6.45) is 0. The third kappa shape index (κ3) is 3.94. The topological polar surface area (TPSA) is 98.5 Å². The average molecular weight is 449 g/mol. The van der Waals surface area contributed by atoms with Gasteiger partial charge in [-0.05, 0) is 35.0 Å². The molecule has 3 aromatic carbocycles. The van der Waals surface area contributed by atoms with E-state index in [9.17, 15) is 9.90 Å². The number of carbonyl (C=O) groups is 1. The molecule has 0 bridgehead atoms. The van der Waals surface area contributed by atoms with Crippen LogP contribution in [0.15, 0.2) is 59.8 Å². The predicted molar refractivity (Wildman–Crippen MR) is 122 cm³/mol. The van der Waals surface area contributed by atoms with Crippen molar-refractivity contribution in [3.8, 4) is 28.6 Å². The summed E-state index contributed by atoms with van der Waals surface area (Å²) >= 11 is 1.27. The second-order valence-electron chi connectivity index (χ2n) is 7.28. The number of rotatable bonds is 5. The van der Waals surface area contributed by atoms with Crippen molar-refractivity contribution in [2.75, 3.05) is 24.3 Å². The van der Waals surface area contributed by atoms with Crippen LogP contribution >= 0.6 is 11.8 Å². The molecule has 0 aliphatic carbocycles. The van der Waals surface area contributed by atoms with Crippen LogP contribution in [-0.2, 0) is 11.8 Å². The van der Waals surface area contributed by atoms with Crippen molar-refractivity contribution in [3.05, 3.63) is 54.6 Å². The maximum atomic E-state index is 12.4. The first-order valence-corrected chi connectivity index (χ1v) is 11.0. The SMILES string of the molecule is Cn1c(SCC(=O)Nc2ccc3c(c2)OCCO3)nnc1-c1cc2ccccc2cc1O. The number of anilines is 1. The molecule has 0 saturated heterocycles. The summed E-state index contributed by atoms with van der Waals surface area (Å²) in [7, 11) is 1.81. The van der Waals surface area contributed by atoms with Crippen molar-refractivity contribution in [1.82, 2.24) is 14.8 Å². The van der Waals surface area contributed by atoms with Crippen LogP contribution in [-0.4, -0.2) is 44.7 Å². The van der Waals surface area contributed by atoms with Crippen molar-refractivity contribution < 1.29 is 19.4 Å². The highest BCUT2D eigenvalue weighted by Crippen LogP contribution is 2.34. The van der Waals surface area contributed by atoms with Crippen molar-refractivity contribution in [2.24, 2.45) is 7.05 Å². The van der Waals surface area contributed by atoms with E-state index in [1.165, 1.54) is 11.8 Å². The predicted octanol–water partition coefficient (Wildman–Crippen LogP) is 3.84. The quantitative estimate of drug-likeness (QED) is 0.448. The van der Waals surface area contributed by atoms with Gasteiger partial charge in [-0.1, -0.05) is 36.0 Å². The minimum atomic E-state index is -0.176. The lowest BCUT2D eigenvalue weighted by atomic mass is 10.1. The molecule has 4 aromatic rings. The van der Waals surface area contributed by atoms with E-state index in [2.05, 4.69) is 15.5 Å². The van der Waals surface area contributed by atoms with Gasteiger partial charge in [0.2, 0.25) is 5.91 Å². The number of benzene rings is 3. The number of hydrogen-bond donors (Lipinski definition) is 2. The maximum Gasteiger partial charge on any atom is 0.234 e. The Bertz CT molecular complexity index is 1320. The number of phenols is 1. The Kier molecular flexibility index (Phi) is 5.32. The molecule has 9 heteroatoms. The van der Waals surface area contributed by atoms with Crippen LogP contribution in [0.25, 0.3) is 22.2 Å². The zero-order chi connectivity index (χ0) is 22.1. The standard InChI is InChI=1S/C23H20N4O4S/c1-27-22(17-10-14-4-2-3-5-15(14)11-18(17)28)25-26-23(27)32-13-21(29)24-16-6-7-19-20(12-16)31-9-8-30-19/h2-7,10-12,28H,8-9,13H2,1H3,(H,24,29). The number of fused-ring (bicyclic) bond motifs is 2. The summed E-state index contributed by atoms with van der Waals surface area (Å²) < 4.78 is 12.8. The van der Waals surface area contributed by atoms with E-state index in [-0.39, 0.29) is 17.4 Å². The molecule has 2 heterocycles. The number of nitrogens with zero attached hydrogens (tertiary/aromatic N) is 3. The second kappa shape index (κ2) is 8.43. The van der Waals surface area contributed by atoms with Crippen molar-refractivity contribution in [3.63, 3.8) is 0 Å². The monoisotopic (exact) mass is 448 g/mol. The lowest BCUT2D eigenvalue weighted by molar-refractivity contribution is -0.113. The summed E-state index contributed by atoms with van der Waals surface area (Å²) in [6.45, 7) is 1.01. The summed E-state index contributed by atoms with van der Waals surface area (Å²) in [5.74, 6) is 1.94. The minimum absolute atomic E-state index is 0.132. The summed E-state index contributed by atoms with van der Waals surface area (Å²) in [4.78, 5) is 12.4. The zero-order valence-corrected chi connectivity index (χ0v) is 18.1. The number of ether oxygens (including phenoxy) is 2. The van der Waals surface area contributed by atoms with Crippen LogP contribution in [0, 0.1) is 0 Å². The highest BCUT2D eigenvalue weighted by atomic mass is 32.2. The highest BCUT2D eigenvalue weighted by Gasteiger charge is 2.17. The fourth-order valence-corrected chi connectivity index (χ4v) is 4.24. The number of carbonyl (C=O) groups excluding carboxylic acids is 1. The van der Waals surface area contributed by atoms with Gasteiger partial charge in [0.05, 0.1) is 11.3 Å². The third-order valence-electron chi connectivity index (χ3n) is 5.10. The fourth-order valence-electron chi connectivity index (χ4n) is 3.53. The third-order valence-corrected chi connectivity index (χ3v) is 6.12. The van der Waals surface area contributed by atoms with Gasteiger partial charge < -0.3 is 24.5 Å². The average Bonchev–Trinajstić information content (AvgIpc) is 3.17. The fraction of sp³-hybridized carbons (Fsp3) is 0.174. The van der Waals surface area contributed by atoms with Crippen molar-refractivity contribution >= 4 is 34.1 Å². The van der Waals surface area contributed by atoms with Gasteiger partial charge in [-0.3, -0.25) is 4.79 Å². The van der Waals surface area contributed by atoms with Gasteiger partial charge in [0.25, 0.3) is 0 Å². The van der Waals surface area contributed by atoms with Crippen LogP contribution in [0.2, 0.25) is 0 Å². The molecule has 1 aliphatic rings. The van der Waals surface area contributed by atoms with Gasteiger partial charge in [0, 0.05) is 18.8 Å². The summed E-state index contributed by atoms with van der Waals surface area (Å²) in [5, 5.41) is 24.3. The van der Waals surface area contributed by atoms with Crippen molar-refractivity contribution in [1.29, 1.82) is 0 Å². The number of thioether (sulfide) groups is 1. The molecule has 0 atom stereocenters. The van der Waals surface area contributed by atoms with E-state index < -0.39 is 0 Å². The zero-order valence-electron chi connectivity index (χ0n) is 17.2. The first-order chi connectivity index (χ1) is 15.6. The number of aromatic nitrogens is 3. The molecule has 0 saturated carbocycles. The Morgan fingerprint density at radius 2 is 1.81 bits per heavy atom. The molecule has 5 rings (SSSR count). The molecular formula is C23H20N4O4S. The van der Waals surface area contributed by atoms with Crippen LogP contribution in [0.4, 0.5) is 5.69 Å². The van der Waals surface area contributed by atoms with Gasteiger partial charge in [0.15, 0.2) is 22.5 Å². The van der Waals surface area contributed by atoms with Gasteiger partial charge in [-0.25, -0.2) is 0 Å². The number of amides is 1. The molecule has 1 amide bonds. The molecule has 32 heavy (non-hydrogen) atoms. The number of phenolic OH excluding ortho intramolecular Hbond substituents is 1. The maximum absolute atomic E-state index is 12.4. The second-order valence-corrected chi connectivity index (χ2v) is 8.22. The number of aromatic hydroxyl groups is 1. The summed E-state index contributed by atoms with van der Waals surface area (Å²) in [5.41, 5.74) is 1.23. The first kappa shape index (κ1) is 20.2. The van der Waals surface area contributed by atoms with E-state index in [0.29, 0.717) is 46.9 Å². The minimum Gasteiger partial charge on any atom is -0.507 e. The normalized spacial score (nSPS) is 12.7. The smallest absolute Gasteiger partial charge is 0.234 e. The number of hydrogen-bond acceptors (Lipinski definition) is 7. The van der Waals surface area contributed by atoms with Gasteiger partial charge in [0.1, 0.15) is 19.0 Å². The molecule has 8 nitrogen and oxygen atoms in total. The van der Waals surface area contributed by atoms with Gasteiger partial charge >= 0.3 is 0 Å². The molecule has 0 radical (unpaired) electrons. The molecule has 0 fully saturated rings. The largest absolute Gasteiger partial charge is 0.507 e. The Morgan fingerprint density at radius 1 is 1.06 bits per heavy atom.